The average molecular weight is 453 g/mol. The molecule has 7 nitrogen and oxygen atoms in total. The molecule has 0 saturated heterocycles. The van der Waals surface area contributed by atoms with Gasteiger partial charge in [-0.3, -0.25) is 10.1 Å². The van der Waals surface area contributed by atoms with Crippen LogP contribution in [0.25, 0.3) is 33.0 Å². The zero-order valence-electron chi connectivity index (χ0n) is 15.7. The third-order valence-corrected chi connectivity index (χ3v) is 5.69. The Morgan fingerprint density at radius 1 is 1.03 bits per heavy atom. The largest absolute Gasteiger partial charge is 0.511 e. The Morgan fingerprint density at radius 2 is 1.74 bits per heavy atom. The minimum absolute atomic E-state index is 0.0196. The van der Waals surface area contributed by atoms with Crippen molar-refractivity contribution in [1.82, 2.24) is 4.98 Å². The van der Waals surface area contributed by atoms with Crippen molar-refractivity contribution in [1.29, 1.82) is 0 Å². The molecule has 4 rings (SSSR count). The van der Waals surface area contributed by atoms with Gasteiger partial charge in [0.25, 0.3) is 5.69 Å². The third kappa shape index (κ3) is 4.25. The first-order valence-electron chi connectivity index (χ1n) is 8.93. The zero-order chi connectivity index (χ0) is 22.0. The number of ether oxygens (including phenoxy) is 1. The molecule has 1 aromatic heterocycles. The molecule has 0 spiro atoms. The Kier molecular flexibility index (Phi) is 5.66. The molecule has 0 aliphatic rings. The van der Waals surface area contributed by atoms with E-state index in [4.69, 9.17) is 16.3 Å². The second kappa shape index (κ2) is 8.55. The van der Waals surface area contributed by atoms with Crippen molar-refractivity contribution in [3.05, 3.63) is 87.2 Å². The standard InChI is InChI=1S/C22H13ClN2O5S/c23-17-7-3-1-6-16(17)18-12-31-21(24-18)13-9-10-15(20(11-13)30-22(26)27)14-5-2-4-8-19(14)25(28)29/h1-12H,(H,26,27). The highest BCUT2D eigenvalue weighted by Crippen LogP contribution is 2.40. The Bertz CT molecular complexity index is 1300. The Labute approximate surface area is 185 Å². The normalized spacial score (nSPS) is 10.6. The van der Waals surface area contributed by atoms with Crippen LogP contribution in [0.3, 0.4) is 0 Å². The molecule has 31 heavy (non-hydrogen) atoms. The second-order valence-electron chi connectivity index (χ2n) is 6.37. The van der Waals surface area contributed by atoms with Crippen LogP contribution in [-0.2, 0) is 0 Å². The number of carboxylic acid groups (broad SMARTS) is 1. The third-order valence-electron chi connectivity index (χ3n) is 4.47. The SMILES string of the molecule is O=C(O)Oc1cc(-c2nc(-c3ccccc3Cl)cs2)ccc1-c1ccccc1[N+](=O)[O-]. The average Bonchev–Trinajstić information content (AvgIpc) is 3.23. The van der Waals surface area contributed by atoms with Crippen LogP contribution in [0.1, 0.15) is 0 Å². The molecule has 1 heterocycles. The first kappa shape index (κ1) is 20.5. The fourth-order valence-corrected chi connectivity index (χ4v) is 4.17. The molecule has 0 amide bonds. The molecule has 1 N–H and O–H groups in total. The molecule has 154 valence electrons. The van der Waals surface area contributed by atoms with Gasteiger partial charge in [-0.1, -0.05) is 48.0 Å². The number of benzene rings is 3. The van der Waals surface area contributed by atoms with Gasteiger partial charge in [-0.15, -0.1) is 11.3 Å². The molecular formula is C22H13ClN2O5S. The fourth-order valence-electron chi connectivity index (χ4n) is 3.12. The number of para-hydroxylation sites is 1. The molecule has 0 bridgehead atoms. The molecule has 0 fully saturated rings. The van der Waals surface area contributed by atoms with Crippen molar-refractivity contribution in [2.24, 2.45) is 0 Å². The van der Waals surface area contributed by atoms with Gasteiger partial charge in [0, 0.05) is 33.2 Å². The number of nitro groups is 1. The predicted molar refractivity (Wildman–Crippen MR) is 119 cm³/mol. The number of hydrogen-bond acceptors (Lipinski definition) is 6. The summed E-state index contributed by atoms with van der Waals surface area (Å²) >= 11 is 7.61. The number of rotatable bonds is 5. The highest BCUT2D eigenvalue weighted by Gasteiger charge is 2.20. The van der Waals surface area contributed by atoms with E-state index in [1.165, 1.54) is 23.5 Å². The number of nitro benzene ring substituents is 1. The molecule has 0 unspecified atom stereocenters. The van der Waals surface area contributed by atoms with Gasteiger partial charge in [-0.05, 0) is 24.3 Å². The summed E-state index contributed by atoms with van der Waals surface area (Å²) in [6.07, 6.45) is -1.52. The Hall–Kier alpha value is -3.75. The quantitative estimate of drug-likeness (QED) is 0.155. The second-order valence-corrected chi connectivity index (χ2v) is 7.64. The van der Waals surface area contributed by atoms with Gasteiger partial charge in [-0.2, -0.15) is 0 Å². The zero-order valence-corrected chi connectivity index (χ0v) is 17.3. The highest BCUT2D eigenvalue weighted by atomic mass is 35.5. The number of carbonyl (C=O) groups is 1. The fraction of sp³-hybridized carbons (Fsp3) is 0. The summed E-state index contributed by atoms with van der Waals surface area (Å²) in [6.45, 7) is 0. The van der Waals surface area contributed by atoms with E-state index < -0.39 is 11.1 Å². The van der Waals surface area contributed by atoms with E-state index in [2.05, 4.69) is 4.98 Å². The lowest BCUT2D eigenvalue weighted by atomic mass is 10.0. The smallest absolute Gasteiger partial charge is 0.449 e. The number of thiazole rings is 1. The minimum Gasteiger partial charge on any atom is -0.449 e. The minimum atomic E-state index is -1.52. The van der Waals surface area contributed by atoms with E-state index in [1.54, 1.807) is 36.4 Å². The molecular weight excluding hydrogens is 440 g/mol. The molecule has 0 atom stereocenters. The molecule has 0 saturated carbocycles. The van der Waals surface area contributed by atoms with Gasteiger partial charge >= 0.3 is 6.16 Å². The van der Waals surface area contributed by atoms with Crippen molar-refractivity contribution in [3.63, 3.8) is 0 Å². The summed E-state index contributed by atoms with van der Waals surface area (Å²) < 4.78 is 4.96. The first-order chi connectivity index (χ1) is 14.9. The van der Waals surface area contributed by atoms with E-state index in [-0.39, 0.29) is 17.0 Å². The monoisotopic (exact) mass is 452 g/mol. The van der Waals surface area contributed by atoms with Crippen molar-refractivity contribution in [2.75, 3.05) is 0 Å². The molecule has 0 radical (unpaired) electrons. The summed E-state index contributed by atoms with van der Waals surface area (Å²) in [5.74, 6) is -0.0196. The lowest BCUT2D eigenvalue weighted by Crippen LogP contribution is -2.05. The van der Waals surface area contributed by atoms with Crippen molar-refractivity contribution in [3.8, 4) is 38.7 Å². The van der Waals surface area contributed by atoms with Crippen LogP contribution in [-0.4, -0.2) is 21.2 Å². The summed E-state index contributed by atoms with van der Waals surface area (Å²) in [5, 5.41) is 23.6. The van der Waals surface area contributed by atoms with Gasteiger partial charge in [0.05, 0.1) is 16.2 Å². The molecule has 3 aromatic carbocycles. The van der Waals surface area contributed by atoms with Gasteiger partial charge < -0.3 is 9.84 Å². The lowest BCUT2D eigenvalue weighted by Gasteiger charge is -2.10. The Balaban J connectivity index is 1.80. The number of aromatic nitrogens is 1. The molecule has 9 heteroatoms. The number of hydrogen-bond donors (Lipinski definition) is 1. The highest BCUT2D eigenvalue weighted by molar-refractivity contribution is 7.13. The van der Waals surface area contributed by atoms with Crippen molar-refractivity contribution in [2.45, 2.75) is 0 Å². The number of nitrogens with zero attached hydrogens (tertiary/aromatic N) is 2. The van der Waals surface area contributed by atoms with Crippen LogP contribution in [0, 0.1) is 10.1 Å². The lowest BCUT2D eigenvalue weighted by molar-refractivity contribution is -0.384. The van der Waals surface area contributed by atoms with Crippen molar-refractivity contribution < 1.29 is 19.6 Å². The van der Waals surface area contributed by atoms with Gasteiger partial charge in [-0.25, -0.2) is 9.78 Å². The number of halogens is 1. The maximum Gasteiger partial charge on any atom is 0.511 e. The van der Waals surface area contributed by atoms with Crippen LogP contribution < -0.4 is 4.74 Å². The van der Waals surface area contributed by atoms with E-state index in [0.29, 0.717) is 26.9 Å². The maximum atomic E-state index is 11.4. The van der Waals surface area contributed by atoms with E-state index in [9.17, 15) is 20.0 Å². The van der Waals surface area contributed by atoms with E-state index in [0.717, 1.165) is 5.56 Å². The molecule has 0 aliphatic heterocycles. The first-order valence-corrected chi connectivity index (χ1v) is 10.2. The maximum absolute atomic E-state index is 11.4. The van der Waals surface area contributed by atoms with Crippen LogP contribution >= 0.6 is 22.9 Å². The summed E-state index contributed by atoms with van der Waals surface area (Å²) in [7, 11) is 0. The van der Waals surface area contributed by atoms with Gasteiger partial charge in [0.1, 0.15) is 10.8 Å². The predicted octanol–water partition coefficient (Wildman–Crippen LogP) is 6.76. The van der Waals surface area contributed by atoms with E-state index >= 15 is 0 Å². The molecule has 0 aliphatic carbocycles. The summed E-state index contributed by atoms with van der Waals surface area (Å²) in [5.41, 5.74) is 2.48. The van der Waals surface area contributed by atoms with Gasteiger partial charge in [0.15, 0.2) is 0 Å². The van der Waals surface area contributed by atoms with Crippen LogP contribution in [0.15, 0.2) is 72.1 Å². The summed E-state index contributed by atoms with van der Waals surface area (Å²) in [4.78, 5) is 26.8. The molecule has 4 aromatic rings. The van der Waals surface area contributed by atoms with Crippen molar-refractivity contribution >= 4 is 34.8 Å². The van der Waals surface area contributed by atoms with Crippen LogP contribution in [0.4, 0.5) is 10.5 Å². The van der Waals surface area contributed by atoms with Gasteiger partial charge in [0.2, 0.25) is 0 Å². The summed E-state index contributed by atoms with van der Waals surface area (Å²) in [6, 6.07) is 18.2. The van der Waals surface area contributed by atoms with E-state index in [1.807, 2.05) is 23.6 Å². The van der Waals surface area contributed by atoms with Crippen LogP contribution in [0.5, 0.6) is 5.75 Å². The topological polar surface area (TPSA) is 103 Å². The Morgan fingerprint density at radius 3 is 2.45 bits per heavy atom. The van der Waals surface area contributed by atoms with Crippen LogP contribution in [0.2, 0.25) is 5.02 Å².